The average Bonchev–Trinajstić information content (AvgIpc) is 3.52. The minimum Gasteiger partial charge on any atom is -0.353 e. The molecular weight excluding hydrogens is 464 g/mol. The molecule has 2 N–H and O–H groups in total. The summed E-state index contributed by atoms with van der Waals surface area (Å²) >= 11 is 1.65. The number of fused-ring (bicyclic) bond motifs is 1. The van der Waals surface area contributed by atoms with Crippen molar-refractivity contribution in [2.75, 3.05) is 19.6 Å². The second-order valence-corrected chi connectivity index (χ2v) is 9.42. The second-order valence-electron chi connectivity index (χ2n) is 8.39. The van der Waals surface area contributed by atoms with Crippen LogP contribution in [0.15, 0.2) is 54.0 Å². The number of carbonyl (C=O) groups excluding carboxylic acids is 3. The highest BCUT2D eigenvalue weighted by Gasteiger charge is 2.22. The van der Waals surface area contributed by atoms with E-state index >= 15 is 0 Å². The fourth-order valence-electron chi connectivity index (χ4n) is 4.06. The summed E-state index contributed by atoms with van der Waals surface area (Å²) in [6.07, 6.45) is 1.69. The molecule has 1 aliphatic heterocycles. The van der Waals surface area contributed by atoms with Crippen molar-refractivity contribution in [2.45, 2.75) is 20.0 Å². The van der Waals surface area contributed by atoms with E-state index in [9.17, 15) is 14.4 Å². The molecule has 3 amide bonds. The van der Waals surface area contributed by atoms with E-state index in [0.717, 1.165) is 16.1 Å². The standard InChI is InChI=1S/C25H24N6O3S/c1-16-11-20(21-13-28-31(23(21)29-16)14-19-3-2-10-35-19)24(33)27-12-17-4-6-18(7-5-17)25(34)30-9-8-26-22(32)15-30/h2-7,10-11,13H,8-9,12,14-15H2,1H3,(H,26,32)(H,27,33). The Kier molecular flexibility index (Phi) is 6.28. The molecule has 0 atom stereocenters. The largest absolute Gasteiger partial charge is 0.353 e. The molecule has 178 valence electrons. The fourth-order valence-corrected chi connectivity index (χ4v) is 4.75. The molecule has 0 aliphatic carbocycles. The number of aryl methyl sites for hydroxylation is 1. The highest BCUT2D eigenvalue weighted by molar-refractivity contribution is 7.09. The van der Waals surface area contributed by atoms with Gasteiger partial charge >= 0.3 is 0 Å². The molecule has 3 aromatic heterocycles. The van der Waals surface area contributed by atoms with Crippen LogP contribution in [0.3, 0.4) is 0 Å². The molecule has 0 saturated carbocycles. The van der Waals surface area contributed by atoms with Crippen molar-refractivity contribution in [3.8, 4) is 0 Å². The first kappa shape index (κ1) is 22.7. The van der Waals surface area contributed by atoms with Crippen molar-refractivity contribution in [1.82, 2.24) is 30.3 Å². The van der Waals surface area contributed by atoms with E-state index < -0.39 is 0 Å². The number of nitrogens with zero attached hydrogens (tertiary/aromatic N) is 4. The molecule has 0 bridgehead atoms. The Hall–Kier alpha value is -4.05. The number of thiophene rings is 1. The molecule has 0 spiro atoms. The highest BCUT2D eigenvalue weighted by atomic mass is 32.1. The van der Waals surface area contributed by atoms with Crippen molar-refractivity contribution in [2.24, 2.45) is 0 Å². The van der Waals surface area contributed by atoms with Gasteiger partial charge in [-0.25, -0.2) is 9.67 Å². The normalized spacial score (nSPS) is 13.6. The van der Waals surface area contributed by atoms with Crippen LogP contribution in [0.25, 0.3) is 11.0 Å². The zero-order valence-corrected chi connectivity index (χ0v) is 20.0. The van der Waals surface area contributed by atoms with E-state index in [0.29, 0.717) is 48.3 Å². The lowest BCUT2D eigenvalue weighted by Gasteiger charge is -2.26. The number of nitrogens with one attached hydrogen (secondary N) is 2. The molecule has 35 heavy (non-hydrogen) atoms. The maximum atomic E-state index is 13.1. The Morgan fingerprint density at radius 2 is 2.03 bits per heavy atom. The Bertz CT molecular complexity index is 1390. The first-order chi connectivity index (χ1) is 17.0. The van der Waals surface area contributed by atoms with Crippen LogP contribution in [0, 0.1) is 6.92 Å². The van der Waals surface area contributed by atoms with E-state index in [1.54, 1.807) is 35.7 Å². The van der Waals surface area contributed by atoms with E-state index in [4.69, 9.17) is 0 Å². The summed E-state index contributed by atoms with van der Waals surface area (Å²) in [5, 5.41) is 12.9. The third-order valence-corrected chi connectivity index (χ3v) is 6.71. The summed E-state index contributed by atoms with van der Waals surface area (Å²) in [5.41, 5.74) is 3.32. The number of hydrogen-bond donors (Lipinski definition) is 2. The third kappa shape index (κ3) is 4.92. The number of rotatable bonds is 6. The van der Waals surface area contributed by atoms with Gasteiger partial charge in [0.15, 0.2) is 5.65 Å². The zero-order chi connectivity index (χ0) is 24.4. The summed E-state index contributed by atoms with van der Waals surface area (Å²) in [4.78, 5) is 44.5. The van der Waals surface area contributed by atoms with Crippen molar-refractivity contribution in [3.63, 3.8) is 0 Å². The van der Waals surface area contributed by atoms with Gasteiger partial charge in [0, 0.05) is 35.8 Å². The summed E-state index contributed by atoms with van der Waals surface area (Å²) in [6, 6.07) is 12.9. The molecule has 10 heteroatoms. The van der Waals surface area contributed by atoms with Gasteiger partial charge in [-0.3, -0.25) is 14.4 Å². The Labute approximate surface area is 205 Å². The molecule has 5 rings (SSSR count). The number of benzene rings is 1. The lowest BCUT2D eigenvalue weighted by molar-refractivity contribution is -0.123. The minimum absolute atomic E-state index is 0.0698. The van der Waals surface area contributed by atoms with Crippen molar-refractivity contribution < 1.29 is 14.4 Å². The molecule has 0 radical (unpaired) electrons. The van der Waals surface area contributed by atoms with Gasteiger partial charge in [0.05, 0.1) is 30.2 Å². The summed E-state index contributed by atoms with van der Waals surface area (Å²) in [5.74, 6) is -0.540. The third-order valence-electron chi connectivity index (χ3n) is 5.85. The zero-order valence-electron chi connectivity index (χ0n) is 19.2. The molecular formula is C25H24N6O3S. The molecule has 9 nitrogen and oxygen atoms in total. The van der Waals surface area contributed by atoms with Gasteiger partial charge in [0.1, 0.15) is 0 Å². The molecule has 4 aromatic rings. The van der Waals surface area contributed by atoms with E-state index in [1.165, 1.54) is 4.90 Å². The van der Waals surface area contributed by atoms with Crippen LogP contribution in [-0.2, 0) is 17.9 Å². The molecule has 4 heterocycles. The number of amides is 3. The number of carbonyl (C=O) groups is 3. The Morgan fingerprint density at radius 1 is 1.20 bits per heavy atom. The molecule has 1 aromatic carbocycles. The van der Waals surface area contributed by atoms with Crippen LogP contribution in [-0.4, -0.2) is 57.0 Å². The summed E-state index contributed by atoms with van der Waals surface area (Å²) in [7, 11) is 0. The van der Waals surface area contributed by atoms with Gasteiger partial charge in [-0.05, 0) is 42.1 Å². The predicted octanol–water partition coefficient (Wildman–Crippen LogP) is 2.35. The fraction of sp³-hybridized carbons (Fsp3) is 0.240. The number of pyridine rings is 1. The summed E-state index contributed by atoms with van der Waals surface area (Å²) < 4.78 is 1.81. The first-order valence-electron chi connectivity index (χ1n) is 11.3. The van der Waals surface area contributed by atoms with Crippen molar-refractivity contribution >= 4 is 40.1 Å². The minimum atomic E-state index is -0.212. The Morgan fingerprint density at radius 3 is 2.77 bits per heavy atom. The SMILES string of the molecule is Cc1cc(C(=O)NCc2ccc(C(=O)N3CCNC(=O)C3)cc2)c2cnn(Cc3cccs3)c2n1. The maximum absolute atomic E-state index is 13.1. The van der Waals surface area contributed by atoms with Crippen LogP contribution in [0.2, 0.25) is 0 Å². The lowest BCUT2D eigenvalue weighted by Crippen LogP contribution is -2.49. The average molecular weight is 489 g/mol. The van der Waals surface area contributed by atoms with Crippen LogP contribution in [0.5, 0.6) is 0 Å². The number of aromatic nitrogens is 3. The van der Waals surface area contributed by atoms with Crippen LogP contribution < -0.4 is 10.6 Å². The lowest BCUT2D eigenvalue weighted by atomic mass is 10.1. The van der Waals surface area contributed by atoms with Gasteiger partial charge in [-0.2, -0.15) is 5.10 Å². The maximum Gasteiger partial charge on any atom is 0.254 e. The van der Waals surface area contributed by atoms with Crippen molar-refractivity contribution in [3.05, 3.63) is 81.3 Å². The van der Waals surface area contributed by atoms with Gasteiger partial charge in [0.2, 0.25) is 5.91 Å². The monoisotopic (exact) mass is 488 g/mol. The highest BCUT2D eigenvalue weighted by Crippen LogP contribution is 2.21. The Balaban J connectivity index is 1.27. The van der Waals surface area contributed by atoms with E-state index in [-0.39, 0.29) is 24.3 Å². The van der Waals surface area contributed by atoms with Gasteiger partial charge in [0.25, 0.3) is 11.8 Å². The number of piperazine rings is 1. The van der Waals surface area contributed by atoms with E-state index in [2.05, 4.69) is 20.7 Å². The molecule has 1 saturated heterocycles. The smallest absolute Gasteiger partial charge is 0.254 e. The number of hydrogen-bond acceptors (Lipinski definition) is 6. The first-order valence-corrected chi connectivity index (χ1v) is 12.1. The summed E-state index contributed by atoms with van der Waals surface area (Å²) in [6.45, 7) is 3.80. The molecule has 0 unspecified atom stereocenters. The van der Waals surface area contributed by atoms with Crippen molar-refractivity contribution in [1.29, 1.82) is 0 Å². The van der Waals surface area contributed by atoms with E-state index in [1.807, 2.05) is 41.3 Å². The molecule has 1 fully saturated rings. The second kappa shape index (κ2) is 9.67. The van der Waals surface area contributed by atoms with Crippen LogP contribution >= 0.6 is 11.3 Å². The predicted molar refractivity (Wildman–Crippen MR) is 132 cm³/mol. The van der Waals surface area contributed by atoms with Gasteiger partial charge in [-0.1, -0.05) is 18.2 Å². The van der Waals surface area contributed by atoms with Gasteiger partial charge in [-0.15, -0.1) is 11.3 Å². The quantitative estimate of drug-likeness (QED) is 0.433. The van der Waals surface area contributed by atoms with Crippen LogP contribution in [0.4, 0.5) is 0 Å². The topological polar surface area (TPSA) is 109 Å². The van der Waals surface area contributed by atoms with Crippen LogP contribution in [0.1, 0.15) is 36.9 Å². The molecule has 1 aliphatic rings. The van der Waals surface area contributed by atoms with Gasteiger partial charge < -0.3 is 15.5 Å².